The highest BCUT2D eigenvalue weighted by molar-refractivity contribution is 5.84. The fraction of sp³-hybridized carbons (Fsp3) is 0.222. The number of fused-ring (bicyclic) bond motifs is 1. The molecular formula is C18H20N2. The van der Waals surface area contributed by atoms with Crippen LogP contribution in [0.3, 0.4) is 0 Å². The van der Waals surface area contributed by atoms with Crippen LogP contribution < -0.4 is 5.73 Å². The lowest BCUT2D eigenvalue weighted by molar-refractivity contribution is 0.828. The third kappa shape index (κ3) is 2.23. The average molecular weight is 264 g/mol. The molecule has 0 aliphatic carbocycles. The fourth-order valence-electron chi connectivity index (χ4n) is 2.71. The third-order valence-electron chi connectivity index (χ3n) is 4.02. The fourth-order valence-corrected chi connectivity index (χ4v) is 2.71. The molecule has 1 heterocycles. The smallest absolute Gasteiger partial charge is 0.0486 e. The summed E-state index contributed by atoms with van der Waals surface area (Å²) in [6.07, 6.45) is 2.18. The van der Waals surface area contributed by atoms with E-state index < -0.39 is 0 Å². The summed E-state index contributed by atoms with van der Waals surface area (Å²) in [5.74, 6) is 0. The molecule has 0 amide bonds. The van der Waals surface area contributed by atoms with E-state index in [0.717, 1.165) is 6.54 Å². The SMILES string of the molecule is Cc1ccc(Cn2cc(CN)c3ccccc32)cc1C. The molecule has 2 nitrogen and oxygen atoms in total. The number of nitrogens with zero attached hydrogens (tertiary/aromatic N) is 1. The van der Waals surface area contributed by atoms with Crippen LogP contribution in [0.2, 0.25) is 0 Å². The highest BCUT2D eigenvalue weighted by atomic mass is 15.0. The van der Waals surface area contributed by atoms with E-state index in [1.807, 2.05) is 0 Å². The van der Waals surface area contributed by atoms with Crippen molar-refractivity contribution in [2.75, 3.05) is 0 Å². The molecule has 2 aromatic carbocycles. The summed E-state index contributed by atoms with van der Waals surface area (Å²) in [5, 5.41) is 1.26. The van der Waals surface area contributed by atoms with Crippen molar-refractivity contribution in [1.82, 2.24) is 4.57 Å². The first-order valence-electron chi connectivity index (χ1n) is 7.02. The van der Waals surface area contributed by atoms with Crippen molar-refractivity contribution in [2.45, 2.75) is 26.9 Å². The lowest BCUT2D eigenvalue weighted by atomic mass is 10.1. The van der Waals surface area contributed by atoms with E-state index in [9.17, 15) is 0 Å². The van der Waals surface area contributed by atoms with Gasteiger partial charge in [-0.25, -0.2) is 0 Å². The molecule has 102 valence electrons. The minimum absolute atomic E-state index is 0.584. The Morgan fingerprint density at radius 2 is 1.80 bits per heavy atom. The van der Waals surface area contributed by atoms with Gasteiger partial charge in [0.15, 0.2) is 0 Å². The molecule has 0 aliphatic rings. The summed E-state index contributed by atoms with van der Waals surface area (Å²) in [5.41, 5.74) is 12.3. The topological polar surface area (TPSA) is 30.9 Å². The van der Waals surface area contributed by atoms with Crippen molar-refractivity contribution >= 4 is 10.9 Å². The number of nitrogens with two attached hydrogens (primary N) is 1. The van der Waals surface area contributed by atoms with Crippen LogP contribution in [0.15, 0.2) is 48.7 Å². The van der Waals surface area contributed by atoms with Gasteiger partial charge in [0.2, 0.25) is 0 Å². The van der Waals surface area contributed by atoms with Crippen molar-refractivity contribution in [2.24, 2.45) is 5.73 Å². The molecule has 0 fully saturated rings. The Bertz CT molecular complexity index is 753. The monoisotopic (exact) mass is 264 g/mol. The molecule has 3 aromatic rings. The number of hydrogen-bond acceptors (Lipinski definition) is 1. The van der Waals surface area contributed by atoms with Crippen molar-refractivity contribution < 1.29 is 0 Å². The van der Waals surface area contributed by atoms with Crippen molar-refractivity contribution in [3.05, 3.63) is 70.9 Å². The second-order valence-electron chi connectivity index (χ2n) is 5.42. The second-order valence-corrected chi connectivity index (χ2v) is 5.42. The van der Waals surface area contributed by atoms with Crippen LogP contribution in [0.5, 0.6) is 0 Å². The third-order valence-corrected chi connectivity index (χ3v) is 4.02. The maximum absolute atomic E-state index is 5.85. The predicted octanol–water partition coefficient (Wildman–Crippen LogP) is 3.77. The van der Waals surface area contributed by atoms with E-state index in [1.165, 1.54) is 33.2 Å². The van der Waals surface area contributed by atoms with Crippen LogP contribution in [0.1, 0.15) is 22.3 Å². The van der Waals surface area contributed by atoms with Crippen LogP contribution in [0.25, 0.3) is 10.9 Å². The minimum Gasteiger partial charge on any atom is -0.343 e. The summed E-state index contributed by atoms with van der Waals surface area (Å²) in [4.78, 5) is 0. The predicted molar refractivity (Wildman–Crippen MR) is 84.8 cm³/mol. The molecule has 0 saturated heterocycles. The second kappa shape index (κ2) is 5.14. The van der Waals surface area contributed by atoms with Crippen molar-refractivity contribution in [3.8, 4) is 0 Å². The largest absolute Gasteiger partial charge is 0.343 e. The Kier molecular flexibility index (Phi) is 3.33. The van der Waals surface area contributed by atoms with Gasteiger partial charge in [0.05, 0.1) is 0 Å². The Hall–Kier alpha value is -2.06. The van der Waals surface area contributed by atoms with E-state index >= 15 is 0 Å². The molecule has 0 spiro atoms. The lowest BCUT2D eigenvalue weighted by Gasteiger charge is -2.08. The Morgan fingerprint density at radius 3 is 2.55 bits per heavy atom. The standard InChI is InChI=1S/C18H20N2/c1-13-7-8-15(9-14(13)2)11-20-12-16(10-19)17-5-3-4-6-18(17)20/h3-9,12H,10-11,19H2,1-2H3. The molecule has 3 rings (SSSR count). The van der Waals surface area contributed by atoms with Crippen LogP contribution in [0.4, 0.5) is 0 Å². The average Bonchev–Trinajstić information content (AvgIpc) is 2.81. The van der Waals surface area contributed by atoms with Gasteiger partial charge in [-0.05, 0) is 42.2 Å². The van der Waals surface area contributed by atoms with Crippen LogP contribution >= 0.6 is 0 Å². The quantitative estimate of drug-likeness (QED) is 0.767. The molecule has 0 bridgehead atoms. The van der Waals surface area contributed by atoms with Gasteiger partial charge >= 0.3 is 0 Å². The highest BCUT2D eigenvalue weighted by Gasteiger charge is 2.07. The van der Waals surface area contributed by atoms with Crippen LogP contribution in [0, 0.1) is 13.8 Å². The van der Waals surface area contributed by atoms with Gasteiger partial charge in [0, 0.05) is 30.2 Å². The van der Waals surface area contributed by atoms with Gasteiger partial charge in [-0.15, -0.1) is 0 Å². The van der Waals surface area contributed by atoms with Crippen LogP contribution in [-0.4, -0.2) is 4.57 Å². The maximum Gasteiger partial charge on any atom is 0.0486 e. The molecule has 1 aromatic heterocycles. The molecule has 0 radical (unpaired) electrons. The number of aryl methyl sites for hydroxylation is 2. The zero-order chi connectivity index (χ0) is 14.1. The van der Waals surface area contributed by atoms with Gasteiger partial charge in [-0.2, -0.15) is 0 Å². The van der Waals surface area contributed by atoms with Crippen molar-refractivity contribution in [1.29, 1.82) is 0 Å². The number of rotatable bonds is 3. The van der Waals surface area contributed by atoms with E-state index in [-0.39, 0.29) is 0 Å². The van der Waals surface area contributed by atoms with Crippen molar-refractivity contribution in [3.63, 3.8) is 0 Å². The number of para-hydroxylation sites is 1. The van der Waals surface area contributed by atoms with Gasteiger partial charge in [0.25, 0.3) is 0 Å². The maximum atomic E-state index is 5.85. The normalized spacial score (nSPS) is 11.2. The zero-order valence-electron chi connectivity index (χ0n) is 12.1. The Labute approximate surface area is 119 Å². The van der Waals surface area contributed by atoms with Gasteiger partial charge < -0.3 is 10.3 Å². The summed E-state index contributed by atoms with van der Waals surface area (Å²) in [6, 6.07) is 15.1. The van der Waals surface area contributed by atoms with E-state index in [0.29, 0.717) is 6.54 Å². The highest BCUT2D eigenvalue weighted by Crippen LogP contribution is 2.22. The molecule has 0 unspecified atom stereocenters. The number of hydrogen-bond donors (Lipinski definition) is 1. The molecule has 20 heavy (non-hydrogen) atoms. The number of aromatic nitrogens is 1. The summed E-state index contributed by atoms with van der Waals surface area (Å²) < 4.78 is 2.29. The van der Waals surface area contributed by atoms with Gasteiger partial charge in [-0.3, -0.25) is 0 Å². The van der Waals surface area contributed by atoms with Crippen LogP contribution in [-0.2, 0) is 13.1 Å². The molecule has 0 aliphatic heterocycles. The summed E-state index contributed by atoms with van der Waals surface area (Å²) in [7, 11) is 0. The van der Waals surface area contributed by atoms with E-state index in [1.54, 1.807) is 0 Å². The van der Waals surface area contributed by atoms with E-state index in [4.69, 9.17) is 5.73 Å². The van der Waals surface area contributed by atoms with Gasteiger partial charge in [-0.1, -0.05) is 36.4 Å². The molecule has 0 saturated carbocycles. The summed E-state index contributed by atoms with van der Waals surface area (Å²) >= 11 is 0. The molecule has 0 atom stereocenters. The van der Waals surface area contributed by atoms with E-state index in [2.05, 4.69) is 67.1 Å². The first-order chi connectivity index (χ1) is 9.69. The first kappa shape index (κ1) is 12.9. The molecule has 2 N–H and O–H groups in total. The zero-order valence-corrected chi connectivity index (χ0v) is 12.1. The lowest BCUT2D eigenvalue weighted by Crippen LogP contribution is -1.99. The Balaban J connectivity index is 2.04. The van der Waals surface area contributed by atoms with Gasteiger partial charge in [0.1, 0.15) is 0 Å². The number of benzene rings is 2. The molecule has 2 heteroatoms. The first-order valence-corrected chi connectivity index (χ1v) is 7.02. The minimum atomic E-state index is 0.584. The Morgan fingerprint density at radius 1 is 1.00 bits per heavy atom. The molecular weight excluding hydrogens is 244 g/mol. The summed E-state index contributed by atoms with van der Waals surface area (Å²) in [6.45, 7) is 5.79.